The first-order valence-electron chi connectivity index (χ1n) is 7.99. The Kier molecular flexibility index (Phi) is 4.51. The number of benzene rings is 2. The maximum absolute atomic E-state index is 12.5. The Morgan fingerprint density at radius 3 is 2.12 bits per heavy atom. The van der Waals surface area contributed by atoms with E-state index in [1.807, 2.05) is 31.2 Å². The number of phenols is 1. The molecule has 1 fully saturated rings. The van der Waals surface area contributed by atoms with Crippen molar-refractivity contribution in [2.75, 3.05) is 26.2 Å². The number of hydrogen-bond acceptors (Lipinski definition) is 3. The molecule has 1 N–H and O–H groups in total. The normalized spacial score (nSPS) is 14.5. The van der Waals surface area contributed by atoms with Crippen LogP contribution in [0.1, 0.15) is 26.3 Å². The minimum Gasteiger partial charge on any atom is -0.507 e. The number of aromatic hydroxyl groups is 1. The van der Waals surface area contributed by atoms with Gasteiger partial charge < -0.3 is 14.9 Å². The van der Waals surface area contributed by atoms with Crippen LogP contribution < -0.4 is 0 Å². The Morgan fingerprint density at radius 2 is 1.50 bits per heavy atom. The van der Waals surface area contributed by atoms with Gasteiger partial charge in [-0.15, -0.1) is 0 Å². The molecule has 0 spiro atoms. The lowest BCUT2D eigenvalue weighted by molar-refractivity contribution is 0.0533. The molecule has 0 aromatic heterocycles. The quantitative estimate of drug-likeness (QED) is 0.922. The zero-order valence-electron chi connectivity index (χ0n) is 13.6. The molecule has 3 rings (SSSR count). The van der Waals surface area contributed by atoms with Crippen molar-refractivity contribution in [1.82, 2.24) is 9.80 Å². The van der Waals surface area contributed by atoms with Gasteiger partial charge >= 0.3 is 0 Å². The van der Waals surface area contributed by atoms with Crippen molar-refractivity contribution < 1.29 is 14.7 Å². The fourth-order valence-corrected chi connectivity index (χ4v) is 2.90. The van der Waals surface area contributed by atoms with E-state index in [0.717, 1.165) is 5.56 Å². The van der Waals surface area contributed by atoms with Crippen molar-refractivity contribution in [3.05, 3.63) is 65.2 Å². The average Bonchev–Trinajstić information content (AvgIpc) is 2.61. The fraction of sp³-hybridized carbons (Fsp3) is 0.263. The number of piperazine rings is 1. The van der Waals surface area contributed by atoms with Crippen LogP contribution in [0, 0.1) is 6.92 Å². The molecule has 2 aromatic carbocycles. The first kappa shape index (κ1) is 16.1. The van der Waals surface area contributed by atoms with Crippen LogP contribution in [0.3, 0.4) is 0 Å². The van der Waals surface area contributed by atoms with E-state index in [9.17, 15) is 14.7 Å². The first-order chi connectivity index (χ1) is 11.6. The standard InChI is InChI=1S/C19H20N2O3/c1-14-5-4-6-15(13-14)18(23)20-9-11-21(12-10-20)19(24)16-7-2-3-8-17(16)22/h2-8,13,22H,9-12H2,1H3. The highest BCUT2D eigenvalue weighted by atomic mass is 16.3. The largest absolute Gasteiger partial charge is 0.507 e. The predicted molar refractivity (Wildman–Crippen MR) is 91.1 cm³/mol. The number of rotatable bonds is 2. The van der Waals surface area contributed by atoms with E-state index < -0.39 is 0 Å². The number of hydrogen-bond donors (Lipinski definition) is 1. The molecule has 124 valence electrons. The van der Waals surface area contributed by atoms with Gasteiger partial charge in [-0.25, -0.2) is 0 Å². The number of phenolic OH excluding ortho intramolecular Hbond substituents is 1. The summed E-state index contributed by atoms with van der Waals surface area (Å²) in [4.78, 5) is 28.5. The second-order valence-electron chi connectivity index (χ2n) is 5.97. The van der Waals surface area contributed by atoms with Gasteiger partial charge in [0.2, 0.25) is 0 Å². The van der Waals surface area contributed by atoms with E-state index in [1.165, 1.54) is 6.07 Å². The molecule has 2 amide bonds. The molecule has 0 saturated carbocycles. The molecule has 1 aliphatic rings. The van der Waals surface area contributed by atoms with E-state index in [1.54, 1.807) is 28.0 Å². The van der Waals surface area contributed by atoms with Crippen molar-refractivity contribution in [1.29, 1.82) is 0 Å². The third-order valence-corrected chi connectivity index (χ3v) is 4.25. The van der Waals surface area contributed by atoms with E-state index >= 15 is 0 Å². The lowest BCUT2D eigenvalue weighted by atomic mass is 10.1. The van der Waals surface area contributed by atoms with Crippen LogP contribution in [-0.4, -0.2) is 52.9 Å². The highest BCUT2D eigenvalue weighted by Crippen LogP contribution is 2.19. The number of aryl methyl sites for hydroxylation is 1. The van der Waals surface area contributed by atoms with Gasteiger partial charge in [0.05, 0.1) is 5.56 Å². The average molecular weight is 324 g/mol. The Hall–Kier alpha value is -2.82. The van der Waals surface area contributed by atoms with Crippen molar-refractivity contribution >= 4 is 11.8 Å². The van der Waals surface area contributed by atoms with Crippen LogP contribution in [-0.2, 0) is 0 Å². The molecule has 0 aliphatic carbocycles. The Morgan fingerprint density at radius 1 is 0.875 bits per heavy atom. The van der Waals surface area contributed by atoms with E-state index in [-0.39, 0.29) is 17.6 Å². The lowest BCUT2D eigenvalue weighted by Crippen LogP contribution is -2.50. The maximum Gasteiger partial charge on any atom is 0.257 e. The summed E-state index contributed by atoms with van der Waals surface area (Å²) in [7, 11) is 0. The molecular formula is C19H20N2O3. The Bertz CT molecular complexity index is 765. The van der Waals surface area contributed by atoms with Crippen LogP contribution >= 0.6 is 0 Å². The summed E-state index contributed by atoms with van der Waals surface area (Å²) in [6.45, 7) is 3.87. The van der Waals surface area contributed by atoms with Crippen LogP contribution in [0.4, 0.5) is 0 Å². The molecule has 2 aromatic rings. The van der Waals surface area contributed by atoms with Gasteiger partial charge in [0.15, 0.2) is 0 Å². The predicted octanol–water partition coefficient (Wildman–Crippen LogP) is 2.30. The molecule has 0 bridgehead atoms. The molecule has 5 heteroatoms. The summed E-state index contributed by atoms with van der Waals surface area (Å²) in [5.41, 5.74) is 2.03. The summed E-state index contributed by atoms with van der Waals surface area (Å²) in [5, 5.41) is 9.81. The Labute approximate surface area is 141 Å². The topological polar surface area (TPSA) is 60.9 Å². The second-order valence-corrected chi connectivity index (χ2v) is 5.97. The molecule has 1 aliphatic heterocycles. The van der Waals surface area contributed by atoms with E-state index in [4.69, 9.17) is 0 Å². The summed E-state index contributed by atoms with van der Waals surface area (Å²) < 4.78 is 0. The highest BCUT2D eigenvalue weighted by Gasteiger charge is 2.26. The monoisotopic (exact) mass is 324 g/mol. The fourth-order valence-electron chi connectivity index (χ4n) is 2.90. The van der Waals surface area contributed by atoms with Crippen molar-refractivity contribution in [2.45, 2.75) is 6.92 Å². The summed E-state index contributed by atoms with van der Waals surface area (Å²) >= 11 is 0. The summed E-state index contributed by atoms with van der Waals surface area (Å²) in [6, 6.07) is 14.1. The van der Waals surface area contributed by atoms with Crippen LogP contribution in [0.2, 0.25) is 0 Å². The molecule has 0 radical (unpaired) electrons. The molecule has 0 atom stereocenters. The van der Waals surface area contributed by atoms with Crippen LogP contribution in [0.25, 0.3) is 0 Å². The molecular weight excluding hydrogens is 304 g/mol. The maximum atomic E-state index is 12.5. The summed E-state index contributed by atoms with van der Waals surface area (Å²) in [6.07, 6.45) is 0. The van der Waals surface area contributed by atoms with Gasteiger partial charge in [0, 0.05) is 31.7 Å². The van der Waals surface area contributed by atoms with Gasteiger partial charge in [-0.1, -0.05) is 29.8 Å². The van der Waals surface area contributed by atoms with E-state index in [2.05, 4.69) is 0 Å². The molecule has 0 unspecified atom stereocenters. The Balaban J connectivity index is 1.65. The van der Waals surface area contributed by atoms with Crippen molar-refractivity contribution in [3.8, 4) is 5.75 Å². The third-order valence-electron chi connectivity index (χ3n) is 4.25. The van der Waals surface area contributed by atoms with Crippen molar-refractivity contribution in [3.63, 3.8) is 0 Å². The van der Waals surface area contributed by atoms with Gasteiger partial charge in [0.1, 0.15) is 5.75 Å². The molecule has 1 heterocycles. The molecule has 24 heavy (non-hydrogen) atoms. The minimum atomic E-state index is -0.198. The van der Waals surface area contributed by atoms with Gasteiger partial charge in [-0.05, 0) is 31.2 Å². The smallest absolute Gasteiger partial charge is 0.257 e. The zero-order chi connectivity index (χ0) is 17.1. The van der Waals surface area contributed by atoms with Gasteiger partial charge in [-0.3, -0.25) is 9.59 Å². The number of amides is 2. The van der Waals surface area contributed by atoms with Gasteiger partial charge in [0.25, 0.3) is 11.8 Å². The zero-order valence-corrected chi connectivity index (χ0v) is 13.6. The number of carbonyl (C=O) groups is 2. The number of carbonyl (C=O) groups excluding carboxylic acids is 2. The summed E-state index contributed by atoms with van der Waals surface area (Å²) in [5.74, 6) is -0.218. The van der Waals surface area contributed by atoms with Crippen molar-refractivity contribution in [2.24, 2.45) is 0 Å². The number of nitrogens with zero attached hydrogens (tertiary/aromatic N) is 2. The first-order valence-corrected chi connectivity index (χ1v) is 7.99. The highest BCUT2D eigenvalue weighted by molar-refractivity contribution is 5.97. The molecule has 5 nitrogen and oxygen atoms in total. The third kappa shape index (κ3) is 3.25. The van der Waals surface area contributed by atoms with E-state index in [0.29, 0.717) is 37.3 Å². The SMILES string of the molecule is Cc1cccc(C(=O)N2CCN(C(=O)c3ccccc3O)CC2)c1. The molecule has 1 saturated heterocycles. The van der Waals surface area contributed by atoms with Crippen LogP contribution in [0.15, 0.2) is 48.5 Å². The van der Waals surface area contributed by atoms with Gasteiger partial charge in [-0.2, -0.15) is 0 Å². The number of para-hydroxylation sites is 1. The van der Waals surface area contributed by atoms with Crippen LogP contribution in [0.5, 0.6) is 5.75 Å². The second kappa shape index (κ2) is 6.74. The minimum absolute atomic E-state index is 0.00615. The lowest BCUT2D eigenvalue weighted by Gasteiger charge is -2.35.